The van der Waals surface area contributed by atoms with E-state index in [1.54, 1.807) is 18.2 Å². The lowest BCUT2D eigenvalue weighted by atomic mass is 10.1. The van der Waals surface area contributed by atoms with Crippen LogP contribution in [0.1, 0.15) is 5.82 Å². The molecule has 0 unspecified atom stereocenters. The van der Waals surface area contributed by atoms with Gasteiger partial charge in [0.15, 0.2) is 0 Å². The maximum atomic E-state index is 6.10. The molecule has 2 aromatic rings. The average molecular weight is 256 g/mol. The summed E-state index contributed by atoms with van der Waals surface area (Å²) < 4.78 is 1.81. The van der Waals surface area contributed by atoms with Crippen LogP contribution in [0, 0.1) is 6.92 Å². The second-order valence-electron chi connectivity index (χ2n) is 3.58. The smallest absolute Gasteiger partial charge is 0.131 e. The van der Waals surface area contributed by atoms with Gasteiger partial charge < -0.3 is 10.3 Å². The molecule has 0 spiro atoms. The van der Waals surface area contributed by atoms with Crippen LogP contribution in [-0.4, -0.2) is 9.55 Å². The van der Waals surface area contributed by atoms with E-state index in [9.17, 15) is 0 Å². The second-order valence-corrected chi connectivity index (χ2v) is 4.42. The number of halogens is 2. The number of hydrogen-bond donors (Lipinski definition) is 1. The summed E-state index contributed by atoms with van der Waals surface area (Å²) in [4.78, 5) is 4.38. The Hall–Kier alpha value is -1.19. The van der Waals surface area contributed by atoms with Crippen molar-refractivity contribution < 1.29 is 0 Å². The number of aromatic nitrogens is 2. The molecule has 1 heterocycles. The fourth-order valence-electron chi connectivity index (χ4n) is 1.50. The van der Waals surface area contributed by atoms with E-state index in [0.717, 1.165) is 11.4 Å². The number of benzene rings is 1. The molecule has 0 aliphatic heterocycles. The van der Waals surface area contributed by atoms with E-state index in [-0.39, 0.29) is 0 Å². The lowest BCUT2D eigenvalue weighted by molar-refractivity contribution is 0.868. The van der Waals surface area contributed by atoms with Crippen molar-refractivity contribution in [2.45, 2.75) is 6.92 Å². The number of anilines is 1. The highest BCUT2D eigenvalue weighted by Gasteiger charge is 2.14. The molecule has 2 rings (SSSR count). The van der Waals surface area contributed by atoms with Crippen molar-refractivity contribution in [1.29, 1.82) is 0 Å². The minimum Gasteiger partial charge on any atom is -0.383 e. The zero-order valence-electron chi connectivity index (χ0n) is 8.96. The Morgan fingerprint density at radius 1 is 1.31 bits per heavy atom. The second kappa shape index (κ2) is 4.00. The van der Waals surface area contributed by atoms with Gasteiger partial charge in [0.2, 0.25) is 0 Å². The minimum absolute atomic E-state index is 0.585. The molecule has 0 saturated carbocycles. The van der Waals surface area contributed by atoms with Crippen LogP contribution >= 0.6 is 23.2 Å². The standard InChI is InChI=1S/C11H11Cl2N3/c1-6-15-10(11(14)16(6)2)8-5-7(12)3-4-9(8)13/h3-5H,14H2,1-2H3. The van der Waals surface area contributed by atoms with Crippen molar-refractivity contribution in [1.82, 2.24) is 9.55 Å². The maximum Gasteiger partial charge on any atom is 0.131 e. The highest BCUT2D eigenvalue weighted by Crippen LogP contribution is 2.33. The van der Waals surface area contributed by atoms with E-state index in [4.69, 9.17) is 28.9 Å². The summed E-state index contributed by atoms with van der Waals surface area (Å²) in [6, 6.07) is 5.24. The van der Waals surface area contributed by atoms with E-state index in [1.807, 2.05) is 18.5 Å². The molecule has 0 atom stereocenters. The van der Waals surface area contributed by atoms with Crippen LogP contribution in [0.2, 0.25) is 10.0 Å². The number of aryl methyl sites for hydroxylation is 1. The molecule has 1 aromatic carbocycles. The Balaban J connectivity index is 2.67. The van der Waals surface area contributed by atoms with Gasteiger partial charge in [0.25, 0.3) is 0 Å². The summed E-state index contributed by atoms with van der Waals surface area (Å²) in [7, 11) is 1.86. The normalized spacial score (nSPS) is 10.8. The lowest BCUT2D eigenvalue weighted by Gasteiger charge is -2.03. The summed E-state index contributed by atoms with van der Waals surface area (Å²) in [6.07, 6.45) is 0. The number of nitrogens with two attached hydrogens (primary N) is 1. The van der Waals surface area contributed by atoms with Gasteiger partial charge in [-0.3, -0.25) is 0 Å². The van der Waals surface area contributed by atoms with E-state index in [0.29, 0.717) is 21.6 Å². The summed E-state index contributed by atoms with van der Waals surface area (Å²) in [6.45, 7) is 1.89. The Bertz CT molecular complexity index is 546. The van der Waals surface area contributed by atoms with Crippen molar-refractivity contribution in [3.8, 4) is 11.3 Å². The van der Waals surface area contributed by atoms with Crippen molar-refractivity contribution in [3.05, 3.63) is 34.1 Å². The van der Waals surface area contributed by atoms with Gasteiger partial charge in [-0.05, 0) is 25.1 Å². The van der Waals surface area contributed by atoms with Crippen LogP contribution in [0.15, 0.2) is 18.2 Å². The van der Waals surface area contributed by atoms with Gasteiger partial charge >= 0.3 is 0 Å². The molecule has 0 saturated heterocycles. The molecule has 3 nitrogen and oxygen atoms in total. The molecule has 1 aromatic heterocycles. The third-order valence-corrected chi connectivity index (χ3v) is 3.11. The van der Waals surface area contributed by atoms with Gasteiger partial charge in [-0.25, -0.2) is 4.98 Å². The van der Waals surface area contributed by atoms with Crippen LogP contribution in [0.5, 0.6) is 0 Å². The van der Waals surface area contributed by atoms with Gasteiger partial charge in [-0.15, -0.1) is 0 Å². The van der Waals surface area contributed by atoms with E-state index in [2.05, 4.69) is 4.98 Å². The maximum absolute atomic E-state index is 6.10. The molecular formula is C11H11Cl2N3. The molecule has 16 heavy (non-hydrogen) atoms. The lowest BCUT2D eigenvalue weighted by Crippen LogP contribution is -1.98. The Morgan fingerprint density at radius 2 is 2.00 bits per heavy atom. The Kier molecular flexibility index (Phi) is 2.82. The van der Waals surface area contributed by atoms with Gasteiger partial charge in [-0.1, -0.05) is 23.2 Å². The molecule has 0 aliphatic carbocycles. The SMILES string of the molecule is Cc1nc(-c2cc(Cl)ccc2Cl)c(N)n1C. The zero-order chi connectivity index (χ0) is 11.9. The number of nitrogens with zero attached hydrogens (tertiary/aromatic N) is 2. The van der Waals surface area contributed by atoms with Crippen molar-refractivity contribution >= 4 is 29.0 Å². The monoisotopic (exact) mass is 255 g/mol. The van der Waals surface area contributed by atoms with Crippen LogP contribution in [0.4, 0.5) is 5.82 Å². The molecule has 0 radical (unpaired) electrons. The quantitative estimate of drug-likeness (QED) is 0.850. The number of rotatable bonds is 1. The molecule has 84 valence electrons. The van der Waals surface area contributed by atoms with Crippen LogP contribution in [0.3, 0.4) is 0 Å². The summed E-state index contributed by atoms with van der Waals surface area (Å²) in [5.41, 5.74) is 7.39. The number of hydrogen-bond acceptors (Lipinski definition) is 2. The molecule has 0 bridgehead atoms. The third kappa shape index (κ3) is 1.77. The van der Waals surface area contributed by atoms with Crippen molar-refractivity contribution in [2.24, 2.45) is 7.05 Å². The predicted molar refractivity (Wildman–Crippen MR) is 67.8 cm³/mol. The molecule has 0 aliphatic rings. The summed E-state index contributed by atoms with van der Waals surface area (Å²) in [5, 5.41) is 1.20. The van der Waals surface area contributed by atoms with Gasteiger partial charge in [0.05, 0.1) is 5.02 Å². The minimum atomic E-state index is 0.585. The van der Waals surface area contributed by atoms with E-state index < -0.39 is 0 Å². The zero-order valence-corrected chi connectivity index (χ0v) is 10.5. The fourth-order valence-corrected chi connectivity index (χ4v) is 1.88. The first-order chi connectivity index (χ1) is 7.50. The predicted octanol–water partition coefficient (Wildman–Crippen LogP) is 3.28. The molecular weight excluding hydrogens is 245 g/mol. The topological polar surface area (TPSA) is 43.8 Å². The van der Waals surface area contributed by atoms with Gasteiger partial charge in [-0.2, -0.15) is 0 Å². The van der Waals surface area contributed by atoms with Crippen molar-refractivity contribution in [3.63, 3.8) is 0 Å². The van der Waals surface area contributed by atoms with Gasteiger partial charge in [0.1, 0.15) is 17.3 Å². The first kappa shape index (κ1) is 11.3. The summed E-state index contributed by atoms with van der Waals surface area (Å²) in [5.74, 6) is 1.42. The first-order valence-corrected chi connectivity index (χ1v) is 5.50. The Labute approximate surface area is 104 Å². The average Bonchev–Trinajstić information content (AvgIpc) is 2.50. The molecule has 5 heteroatoms. The van der Waals surface area contributed by atoms with Crippen LogP contribution in [0.25, 0.3) is 11.3 Å². The number of imidazole rings is 1. The van der Waals surface area contributed by atoms with Crippen molar-refractivity contribution in [2.75, 3.05) is 5.73 Å². The largest absolute Gasteiger partial charge is 0.383 e. The van der Waals surface area contributed by atoms with Crippen LogP contribution in [-0.2, 0) is 7.05 Å². The molecule has 2 N–H and O–H groups in total. The van der Waals surface area contributed by atoms with E-state index in [1.165, 1.54) is 0 Å². The fraction of sp³-hybridized carbons (Fsp3) is 0.182. The molecule has 0 amide bonds. The Morgan fingerprint density at radius 3 is 2.56 bits per heavy atom. The molecule has 0 fully saturated rings. The van der Waals surface area contributed by atoms with Gasteiger partial charge in [0, 0.05) is 17.6 Å². The third-order valence-electron chi connectivity index (χ3n) is 2.55. The highest BCUT2D eigenvalue weighted by atomic mass is 35.5. The summed E-state index contributed by atoms with van der Waals surface area (Å²) >= 11 is 12.0. The van der Waals surface area contributed by atoms with Crippen LogP contribution < -0.4 is 5.73 Å². The van der Waals surface area contributed by atoms with E-state index >= 15 is 0 Å². The first-order valence-electron chi connectivity index (χ1n) is 4.75. The highest BCUT2D eigenvalue weighted by molar-refractivity contribution is 6.35. The number of nitrogen functional groups attached to an aromatic ring is 1.